The Morgan fingerprint density at radius 1 is 0.889 bits per heavy atom. The number of rotatable bonds is 12. The Hall–Kier alpha value is -5.19. The molecule has 11 nitrogen and oxygen atoms in total. The van der Waals surface area contributed by atoms with E-state index >= 15 is 0 Å². The van der Waals surface area contributed by atoms with Crippen molar-refractivity contribution in [2.24, 2.45) is 11.3 Å². The number of benzene rings is 3. The van der Waals surface area contributed by atoms with Crippen molar-refractivity contribution in [3.63, 3.8) is 0 Å². The van der Waals surface area contributed by atoms with Gasteiger partial charge in [-0.2, -0.15) is 0 Å². The Morgan fingerprint density at radius 3 is 2.13 bits per heavy atom. The van der Waals surface area contributed by atoms with Gasteiger partial charge in [-0.3, -0.25) is 23.5 Å². The van der Waals surface area contributed by atoms with Gasteiger partial charge in [0.1, 0.15) is 11.2 Å². The number of carbonyl (C=O) groups excluding carboxylic acids is 1. The number of carboxylic acids is 2. The van der Waals surface area contributed by atoms with Crippen molar-refractivity contribution in [2.75, 3.05) is 0 Å². The number of nitrogens with one attached hydrogen (secondary N) is 1. The summed E-state index contributed by atoms with van der Waals surface area (Å²) in [5.74, 6) is -1.59. The summed E-state index contributed by atoms with van der Waals surface area (Å²) in [6.07, 6.45) is 0.506. The molecule has 6 rings (SSSR count). The first-order valence-electron chi connectivity index (χ1n) is 15.0. The second-order valence-electron chi connectivity index (χ2n) is 12.3. The van der Waals surface area contributed by atoms with E-state index in [-0.39, 0.29) is 18.7 Å². The van der Waals surface area contributed by atoms with Gasteiger partial charge in [0.2, 0.25) is 0 Å². The first-order chi connectivity index (χ1) is 21.6. The maximum Gasteiger partial charge on any atom is 0.329 e. The molecule has 2 heterocycles. The molecule has 3 aromatic carbocycles. The van der Waals surface area contributed by atoms with Crippen molar-refractivity contribution < 1.29 is 24.6 Å². The lowest BCUT2D eigenvalue weighted by molar-refractivity contribution is -0.150. The number of amides is 1. The average molecular weight is 610 g/mol. The van der Waals surface area contributed by atoms with Gasteiger partial charge in [0, 0.05) is 18.2 Å². The van der Waals surface area contributed by atoms with Gasteiger partial charge in [-0.15, -0.1) is 0 Å². The lowest BCUT2D eigenvalue weighted by Crippen LogP contribution is -2.34. The Bertz CT molecular complexity index is 1990. The number of para-hydroxylation sites is 4. The number of aryl methyl sites for hydroxylation is 1. The molecule has 1 saturated carbocycles. The number of nitrogens with zero attached hydrogens (tertiary/aromatic N) is 4. The molecule has 11 heteroatoms. The number of aromatic nitrogens is 4. The summed E-state index contributed by atoms with van der Waals surface area (Å²) in [6, 6.07) is 21.7. The Morgan fingerprint density at radius 2 is 1.51 bits per heavy atom. The van der Waals surface area contributed by atoms with Crippen molar-refractivity contribution in [1.82, 2.24) is 24.0 Å². The van der Waals surface area contributed by atoms with Crippen LogP contribution in [0.15, 0.2) is 77.6 Å². The quantitative estimate of drug-likeness (QED) is 0.191. The molecule has 2 aromatic heterocycles. The predicted octanol–water partition coefficient (Wildman–Crippen LogP) is 4.34. The van der Waals surface area contributed by atoms with E-state index in [9.17, 15) is 24.3 Å². The molecule has 0 unspecified atom stereocenters. The minimum atomic E-state index is -1.48. The molecule has 1 aliphatic rings. The summed E-state index contributed by atoms with van der Waals surface area (Å²) in [5.41, 5.74) is 3.00. The molecule has 2 atom stereocenters. The molecular formula is C34H35N5O6. The summed E-state index contributed by atoms with van der Waals surface area (Å²) >= 11 is 0. The van der Waals surface area contributed by atoms with Crippen LogP contribution in [0, 0.1) is 11.3 Å². The molecule has 0 saturated heterocycles. The van der Waals surface area contributed by atoms with E-state index in [0.29, 0.717) is 18.0 Å². The number of carbonyl (C=O) groups is 3. The summed E-state index contributed by atoms with van der Waals surface area (Å²) in [6.45, 7) is 5.78. The molecule has 3 N–H and O–H groups in total. The van der Waals surface area contributed by atoms with E-state index in [4.69, 9.17) is 10.1 Å². The van der Waals surface area contributed by atoms with Crippen molar-refractivity contribution in [1.29, 1.82) is 0 Å². The summed E-state index contributed by atoms with van der Waals surface area (Å²) < 4.78 is 5.68. The van der Waals surface area contributed by atoms with Gasteiger partial charge >= 0.3 is 17.6 Å². The third kappa shape index (κ3) is 5.73. The van der Waals surface area contributed by atoms with Crippen LogP contribution in [0.4, 0.5) is 0 Å². The van der Waals surface area contributed by atoms with Crippen molar-refractivity contribution in [2.45, 2.75) is 58.8 Å². The van der Waals surface area contributed by atoms with Gasteiger partial charge in [0.05, 0.1) is 41.6 Å². The number of hydrogen-bond donors (Lipinski definition) is 3. The Kier molecular flexibility index (Phi) is 7.78. The van der Waals surface area contributed by atoms with Gasteiger partial charge in [0.15, 0.2) is 0 Å². The average Bonchev–Trinajstić information content (AvgIpc) is 3.48. The molecule has 0 aliphatic heterocycles. The molecule has 1 aliphatic carbocycles. The normalized spacial score (nSPS) is 17.6. The van der Waals surface area contributed by atoms with E-state index in [2.05, 4.69) is 29.8 Å². The Labute approximate surface area is 258 Å². The van der Waals surface area contributed by atoms with Crippen LogP contribution in [0.3, 0.4) is 0 Å². The van der Waals surface area contributed by atoms with E-state index in [1.54, 1.807) is 33.4 Å². The largest absolute Gasteiger partial charge is 0.481 e. The van der Waals surface area contributed by atoms with Gasteiger partial charge in [-0.25, -0.2) is 9.78 Å². The topological polar surface area (TPSA) is 148 Å². The number of carboxylic acid groups (broad SMARTS) is 2. The lowest BCUT2D eigenvalue weighted by atomic mass is 10.0. The van der Waals surface area contributed by atoms with Gasteiger partial charge in [0.25, 0.3) is 5.91 Å². The predicted molar refractivity (Wildman–Crippen MR) is 168 cm³/mol. The molecule has 0 spiro atoms. The van der Waals surface area contributed by atoms with Gasteiger partial charge in [-0.05, 0) is 60.7 Å². The smallest absolute Gasteiger partial charge is 0.329 e. The fourth-order valence-corrected chi connectivity index (χ4v) is 6.06. The number of hydrogen-bond acceptors (Lipinski definition) is 5. The molecule has 1 fully saturated rings. The molecule has 232 valence electrons. The van der Waals surface area contributed by atoms with Crippen molar-refractivity contribution >= 4 is 39.9 Å². The third-order valence-corrected chi connectivity index (χ3v) is 8.72. The highest BCUT2D eigenvalue weighted by Crippen LogP contribution is 2.49. The molecule has 0 bridgehead atoms. The highest BCUT2D eigenvalue weighted by Gasteiger charge is 2.62. The van der Waals surface area contributed by atoms with E-state index in [1.165, 1.54) is 0 Å². The first kappa shape index (κ1) is 29.9. The minimum Gasteiger partial charge on any atom is -0.481 e. The minimum absolute atomic E-state index is 0.0689. The zero-order valence-corrected chi connectivity index (χ0v) is 25.1. The summed E-state index contributed by atoms with van der Waals surface area (Å²) in [7, 11) is 0. The van der Waals surface area contributed by atoms with E-state index in [0.717, 1.165) is 46.4 Å². The van der Waals surface area contributed by atoms with Crippen LogP contribution in [0.5, 0.6) is 0 Å². The number of imidazole rings is 2. The highest BCUT2D eigenvalue weighted by molar-refractivity contribution is 5.96. The molecule has 0 radical (unpaired) electrons. The van der Waals surface area contributed by atoms with E-state index in [1.807, 2.05) is 42.5 Å². The van der Waals surface area contributed by atoms with Crippen LogP contribution in [0.2, 0.25) is 0 Å². The zero-order valence-electron chi connectivity index (χ0n) is 25.1. The van der Waals surface area contributed by atoms with Crippen LogP contribution < -0.4 is 11.0 Å². The molecule has 1 amide bonds. The first-order valence-corrected chi connectivity index (χ1v) is 15.0. The number of fused-ring (bicyclic) bond motifs is 2. The third-order valence-electron chi connectivity index (χ3n) is 8.72. The molecular weight excluding hydrogens is 574 g/mol. The second kappa shape index (κ2) is 11.7. The van der Waals surface area contributed by atoms with Gasteiger partial charge in [-0.1, -0.05) is 50.2 Å². The van der Waals surface area contributed by atoms with Crippen LogP contribution in [0.25, 0.3) is 22.1 Å². The summed E-state index contributed by atoms with van der Waals surface area (Å²) in [4.78, 5) is 54.4. The maximum atomic E-state index is 13.9. The van der Waals surface area contributed by atoms with Crippen molar-refractivity contribution in [3.8, 4) is 0 Å². The summed E-state index contributed by atoms with van der Waals surface area (Å²) in [5, 5.41) is 21.3. The lowest BCUT2D eigenvalue weighted by Gasteiger charge is -2.11. The van der Waals surface area contributed by atoms with Crippen LogP contribution >= 0.6 is 0 Å². The Balaban J connectivity index is 1.24. The fraction of sp³-hybridized carbons (Fsp3) is 0.324. The van der Waals surface area contributed by atoms with Crippen molar-refractivity contribution in [3.05, 3.63) is 100 Å². The fourth-order valence-electron chi connectivity index (χ4n) is 6.06. The van der Waals surface area contributed by atoms with Gasteiger partial charge < -0.3 is 20.1 Å². The maximum absolute atomic E-state index is 13.9. The highest BCUT2D eigenvalue weighted by atomic mass is 16.4. The molecule has 45 heavy (non-hydrogen) atoms. The van der Waals surface area contributed by atoms with Crippen LogP contribution in [-0.2, 0) is 29.2 Å². The van der Waals surface area contributed by atoms with Crippen LogP contribution in [-0.4, -0.2) is 52.8 Å². The zero-order chi connectivity index (χ0) is 31.9. The SMILES string of the molecule is CC(C)CCn1c(Cn2c(=O)n(Cc3ccc(C(=O)N[C@@H]4C[C@@]4(CC(=O)O)C(=O)O)cc3)c3ccccc32)nc2ccccc21. The number of aliphatic carboxylic acids is 2. The monoisotopic (exact) mass is 609 g/mol. The second-order valence-corrected chi connectivity index (χ2v) is 12.3. The van der Waals surface area contributed by atoms with Crippen LogP contribution in [0.1, 0.15) is 54.9 Å². The standard InChI is InChI=1S/C34H35N5O6/c1-21(2)15-16-37-25-8-4-3-7-24(25)35-29(37)20-39-27-10-6-5-9-26(27)38(33(39)45)19-22-11-13-23(14-12-22)31(42)36-28-17-34(28,32(43)44)18-30(40)41/h3-14,21,28H,15-20H2,1-2H3,(H,36,42)(H,40,41)(H,43,44)/t28-,34+/m1/s1. The molecule has 5 aromatic rings. The van der Waals surface area contributed by atoms with E-state index < -0.39 is 35.7 Å².